The topological polar surface area (TPSA) is 53.1 Å². The van der Waals surface area contributed by atoms with Crippen LogP contribution in [0.3, 0.4) is 0 Å². The number of nitrogens with one attached hydrogen (secondary N) is 1. The van der Waals surface area contributed by atoms with Gasteiger partial charge in [0.2, 0.25) is 0 Å². The minimum Gasteiger partial charge on any atom is -0.478 e. The summed E-state index contributed by atoms with van der Waals surface area (Å²) < 4.78 is 13.3. The Morgan fingerprint density at radius 2 is 1.62 bits per heavy atom. The van der Waals surface area contributed by atoms with Gasteiger partial charge in [0.05, 0.1) is 11.3 Å². The fourth-order valence-corrected chi connectivity index (χ4v) is 2.90. The summed E-state index contributed by atoms with van der Waals surface area (Å²) in [6.07, 6.45) is 0. The summed E-state index contributed by atoms with van der Waals surface area (Å²) in [4.78, 5) is 15.2. The van der Waals surface area contributed by atoms with E-state index in [4.69, 9.17) is 0 Å². The zero-order chi connectivity index (χ0) is 17.3. The van der Waals surface area contributed by atoms with Gasteiger partial charge in [-0.15, -0.1) is 0 Å². The van der Waals surface area contributed by atoms with Gasteiger partial charge in [-0.2, -0.15) is 0 Å². The molecule has 0 aliphatic rings. The standard InChI is InChI=1S/C20H18FNO2/c1-12(2)18-17(20(23)24)16(13-6-4-3-5-7-13)19(22-18)14-8-10-15(21)11-9-14/h3-12,22H,1-2H3,(H,23,24). The molecule has 122 valence electrons. The number of rotatable bonds is 4. The van der Waals surface area contributed by atoms with Crippen LogP contribution >= 0.6 is 0 Å². The summed E-state index contributed by atoms with van der Waals surface area (Å²) in [7, 11) is 0. The van der Waals surface area contributed by atoms with Gasteiger partial charge in [0, 0.05) is 11.3 Å². The highest BCUT2D eigenvalue weighted by molar-refractivity contribution is 6.02. The van der Waals surface area contributed by atoms with E-state index >= 15 is 0 Å². The molecule has 0 aliphatic heterocycles. The molecule has 1 aromatic heterocycles. The lowest BCUT2D eigenvalue weighted by molar-refractivity contribution is 0.0696. The first-order valence-corrected chi connectivity index (χ1v) is 7.79. The van der Waals surface area contributed by atoms with Crippen molar-refractivity contribution in [2.75, 3.05) is 0 Å². The molecule has 0 amide bonds. The van der Waals surface area contributed by atoms with Crippen molar-refractivity contribution in [3.8, 4) is 22.4 Å². The van der Waals surface area contributed by atoms with Crippen LogP contribution in [0.1, 0.15) is 35.8 Å². The van der Waals surface area contributed by atoms with Crippen molar-refractivity contribution in [1.29, 1.82) is 0 Å². The molecule has 0 aliphatic carbocycles. The first-order valence-electron chi connectivity index (χ1n) is 7.79. The number of hydrogen-bond donors (Lipinski definition) is 2. The highest BCUT2D eigenvalue weighted by Gasteiger charge is 2.25. The van der Waals surface area contributed by atoms with Crippen LogP contribution in [0.4, 0.5) is 4.39 Å². The lowest BCUT2D eigenvalue weighted by Gasteiger charge is -2.07. The largest absolute Gasteiger partial charge is 0.478 e. The highest BCUT2D eigenvalue weighted by Crippen LogP contribution is 2.39. The molecule has 2 aromatic carbocycles. The van der Waals surface area contributed by atoms with E-state index in [-0.39, 0.29) is 17.3 Å². The monoisotopic (exact) mass is 323 g/mol. The van der Waals surface area contributed by atoms with Crippen molar-refractivity contribution in [3.05, 3.63) is 71.7 Å². The minimum atomic E-state index is -0.970. The van der Waals surface area contributed by atoms with Crippen molar-refractivity contribution in [1.82, 2.24) is 4.98 Å². The Hall–Kier alpha value is -2.88. The van der Waals surface area contributed by atoms with Gasteiger partial charge < -0.3 is 10.1 Å². The van der Waals surface area contributed by atoms with Gasteiger partial charge in [-0.3, -0.25) is 0 Å². The molecule has 0 bridgehead atoms. The summed E-state index contributed by atoms with van der Waals surface area (Å²) in [6, 6.07) is 15.5. The zero-order valence-corrected chi connectivity index (χ0v) is 13.5. The fraction of sp³-hybridized carbons (Fsp3) is 0.150. The molecule has 2 N–H and O–H groups in total. The van der Waals surface area contributed by atoms with Crippen molar-refractivity contribution in [2.24, 2.45) is 0 Å². The molecule has 24 heavy (non-hydrogen) atoms. The lowest BCUT2D eigenvalue weighted by Crippen LogP contribution is -2.03. The van der Waals surface area contributed by atoms with Crippen molar-refractivity contribution < 1.29 is 14.3 Å². The Kier molecular flexibility index (Phi) is 4.21. The van der Waals surface area contributed by atoms with Gasteiger partial charge >= 0.3 is 5.97 Å². The maximum atomic E-state index is 13.3. The molecule has 3 rings (SSSR count). The molecule has 0 fully saturated rings. The normalized spacial score (nSPS) is 11.0. The van der Waals surface area contributed by atoms with E-state index in [1.54, 1.807) is 12.1 Å². The van der Waals surface area contributed by atoms with Crippen LogP contribution in [0.2, 0.25) is 0 Å². The van der Waals surface area contributed by atoms with E-state index in [1.165, 1.54) is 12.1 Å². The molecule has 0 unspecified atom stereocenters. The summed E-state index contributed by atoms with van der Waals surface area (Å²) in [5.74, 6) is -1.27. The van der Waals surface area contributed by atoms with Gasteiger partial charge in [-0.25, -0.2) is 9.18 Å². The second kappa shape index (κ2) is 6.32. The van der Waals surface area contributed by atoms with Crippen LogP contribution < -0.4 is 0 Å². The number of hydrogen-bond acceptors (Lipinski definition) is 1. The molecule has 3 nitrogen and oxygen atoms in total. The van der Waals surface area contributed by atoms with Crippen molar-refractivity contribution >= 4 is 5.97 Å². The third-order valence-corrected chi connectivity index (χ3v) is 4.02. The van der Waals surface area contributed by atoms with E-state index in [2.05, 4.69) is 4.98 Å². The van der Waals surface area contributed by atoms with Crippen molar-refractivity contribution in [3.63, 3.8) is 0 Å². The molecule has 3 aromatic rings. The van der Waals surface area contributed by atoms with Gasteiger partial charge in [0.25, 0.3) is 0 Å². The van der Waals surface area contributed by atoms with Crippen LogP contribution in [0.25, 0.3) is 22.4 Å². The van der Waals surface area contributed by atoms with E-state index in [1.807, 2.05) is 44.2 Å². The second-order valence-corrected chi connectivity index (χ2v) is 6.00. The summed E-state index contributed by atoms with van der Waals surface area (Å²) >= 11 is 0. The van der Waals surface area contributed by atoms with E-state index in [9.17, 15) is 14.3 Å². The molecule has 4 heteroatoms. The summed E-state index contributed by atoms with van der Waals surface area (Å²) in [5, 5.41) is 9.78. The Labute approximate surface area is 139 Å². The molecular formula is C20H18FNO2. The molecule has 0 saturated heterocycles. The van der Waals surface area contributed by atoms with Crippen LogP contribution in [0.5, 0.6) is 0 Å². The highest BCUT2D eigenvalue weighted by atomic mass is 19.1. The maximum Gasteiger partial charge on any atom is 0.338 e. The molecule has 0 saturated carbocycles. The molecular weight excluding hydrogens is 305 g/mol. The number of aromatic carboxylic acids is 1. The molecule has 0 atom stereocenters. The molecule has 0 spiro atoms. The fourth-order valence-electron chi connectivity index (χ4n) is 2.90. The first kappa shape index (κ1) is 16.0. The van der Waals surface area contributed by atoms with Crippen LogP contribution in [0.15, 0.2) is 54.6 Å². The average Bonchev–Trinajstić information content (AvgIpc) is 2.97. The summed E-state index contributed by atoms with van der Waals surface area (Å²) in [6.45, 7) is 3.89. The third kappa shape index (κ3) is 2.83. The van der Waals surface area contributed by atoms with Gasteiger partial charge in [-0.1, -0.05) is 44.2 Å². The lowest BCUT2D eigenvalue weighted by atomic mass is 9.95. The number of halogens is 1. The quantitative estimate of drug-likeness (QED) is 0.683. The molecule has 1 heterocycles. The Morgan fingerprint density at radius 3 is 2.17 bits per heavy atom. The van der Waals surface area contributed by atoms with Crippen molar-refractivity contribution in [2.45, 2.75) is 19.8 Å². The smallest absolute Gasteiger partial charge is 0.338 e. The summed E-state index contributed by atoms with van der Waals surface area (Å²) in [5.41, 5.74) is 3.85. The van der Waals surface area contributed by atoms with Gasteiger partial charge in [0.15, 0.2) is 0 Å². The average molecular weight is 323 g/mol. The number of aromatic amines is 1. The Morgan fingerprint density at radius 1 is 1.00 bits per heavy atom. The van der Waals surface area contributed by atoms with Gasteiger partial charge in [-0.05, 0) is 41.3 Å². The zero-order valence-electron chi connectivity index (χ0n) is 13.5. The molecule has 0 radical (unpaired) electrons. The number of benzene rings is 2. The predicted molar refractivity (Wildman–Crippen MR) is 92.7 cm³/mol. The SMILES string of the molecule is CC(C)c1[nH]c(-c2ccc(F)cc2)c(-c2ccccc2)c1C(=O)O. The van der Waals surface area contributed by atoms with Crippen LogP contribution in [-0.2, 0) is 0 Å². The van der Waals surface area contributed by atoms with E-state index in [0.29, 0.717) is 17.0 Å². The number of carboxylic acid groups (broad SMARTS) is 1. The Bertz CT molecular complexity index is 865. The third-order valence-electron chi connectivity index (χ3n) is 4.02. The van der Waals surface area contributed by atoms with E-state index in [0.717, 1.165) is 11.1 Å². The Balaban J connectivity index is 2.34. The van der Waals surface area contributed by atoms with Crippen LogP contribution in [0, 0.1) is 5.82 Å². The minimum absolute atomic E-state index is 0.0211. The first-order chi connectivity index (χ1) is 11.5. The number of H-pyrrole nitrogens is 1. The second-order valence-electron chi connectivity index (χ2n) is 6.00. The number of carbonyl (C=O) groups is 1. The number of carboxylic acids is 1. The number of aromatic nitrogens is 1. The maximum absolute atomic E-state index is 13.3. The van der Waals surface area contributed by atoms with Crippen LogP contribution in [-0.4, -0.2) is 16.1 Å². The predicted octanol–water partition coefficient (Wildman–Crippen LogP) is 5.31. The van der Waals surface area contributed by atoms with E-state index < -0.39 is 5.97 Å². The van der Waals surface area contributed by atoms with Gasteiger partial charge in [0.1, 0.15) is 5.82 Å².